The van der Waals surface area contributed by atoms with Crippen LogP contribution in [-0.4, -0.2) is 14.3 Å². The number of sulfonamides is 1. The van der Waals surface area contributed by atoms with Crippen molar-refractivity contribution in [3.63, 3.8) is 0 Å². The number of furan rings is 1. The summed E-state index contributed by atoms with van der Waals surface area (Å²) < 4.78 is 32.6. The topological polar surface area (TPSA) is 88.4 Å². The normalized spacial score (nSPS) is 11.2. The molecule has 2 N–H and O–H groups in total. The Bertz CT molecular complexity index is 1020. The quantitative estimate of drug-likeness (QED) is 0.712. The molecule has 0 aliphatic heterocycles. The molecule has 6 nitrogen and oxygen atoms in total. The molecule has 26 heavy (non-hydrogen) atoms. The molecule has 0 aliphatic rings. The van der Waals surface area contributed by atoms with Crippen molar-refractivity contribution in [2.24, 2.45) is 0 Å². The van der Waals surface area contributed by atoms with E-state index in [1.807, 2.05) is 19.9 Å². The zero-order chi connectivity index (χ0) is 18.7. The first-order chi connectivity index (χ1) is 12.3. The SMILES string of the molecule is Cc1ccc(NS(=O)(=O)c2ccc(NC(=O)c3ccco3)cc2)cc1C. The molecule has 0 atom stereocenters. The number of carbonyl (C=O) groups excluding carboxylic acids is 1. The van der Waals surface area contributed by atoms with Crippen molar-refractivity contribution in [3.8, 4) is 0 Å². The van der Waals surface area contributed by atoms with E-state index in [1.54, 1.807) is 24.3 Å². The third kappa shape index (κ3) is 3.94. The van der Waals surface area contributed by atoms with E-state index in [9.17, 15) is 13.2 Å². The molecule has 0 spiro atoms. The highest BCUT2D eigenvalue weighted by molar-refractivity contribution is 7.92. The van der Waals surface area contributed by atoms with Crippen molar-refractivity contribution in [2.75, 3.05) is 10.0 Å². The summed E-state index contributed by atoms with van der Waals surface area (Å²) in [4.78, 5) is 12.0. The number of nitrogens with one attached hydrogen (secondary N) is 2. The summed E-state index contributed by atoms with van der Waals surface area (Å²) in [5.41, 5.74) is 3.06. The monoisotopic (exact) mass is 370 g/mol. The molecule has 0 saturated heterocycles. The third-order valence-corrected chi connectivity index (χ3v) is 5.32. The number of hydrogen-bond donors (Lipinski definition) is 2. The highest BCUT2D eigenvalue weighted by atomic mass is 32.2. The largest absolute Gasteiger partial charge is 0.459 e. The summed E-state index contributed by atoms with van der Waals surface area (Å²) in [6.07, 6.45) is 1.41. The van der Waals surface area contributed by atoms with Crippen LogP contribution in [0.4, 0.5) is 11.4 Å². The van der Waals surface area contributed by atoms with E-state index in [0.29, 0.717) is 11.4 Å². The number of hydrogen-bond acceptors (Lipinski definition) is 4. The van der Waals surface area contributed by atoms with Crippen molar-refractivity contribution >= 4 is 27.3 Å². The van der Waals surface area contributed by atoms with Gasteiger partial charge in [0.1, 0.15) is 0 Å². The molecule has 0 fully saturated rings. The van der Waals surface area contributed by atoms with E-state index in [0.717, 1.165) is 11.1 Å². The predicted octanol–water partition coefficient (Wildman–Crippen LogP) is 3.95. The summed E-state index contributed by atoms with van der Waals surface area (Å²) in [5.74, 6) is -0.225. The first-order valence-corrected chi connectivity index (χ1v) is 9.38. The lowest BCUT2D eigenvalue weighted by atomic mass is 10.1. The van der Waals surface area contributed by atoms with Crippen molar-refractivity contribution in [1.29, 1.82) is 0 Å². The first kappa shape index (κ1) is 17.8. The maximum absolute atomic E-state index is 12.5. The summed E-state index contributed by atoms with van der Waals surface area (Å²) >= 11 is 0. The summed E-state index contributed by atoms with van der Waals surface area (Å²) in [5, 5.41) is 2.64. The Hall–Kier alpha value is -3.06. The van der Waals surface area contributed by atoms with Gasteiger partial charge in [0.2, 0.25) is 0 Å². The van der Waals surface area contributed by atoms with Crippen LogP contribution in [0.1, 0.15) is 21.7 Å². The number of carbonyl (C=O) groups is 1. The fraction of sp³-hybridized carbons (Fsp3) is 0.105. The Morgan fingerprint density at radius 1 is 0.923 bits per heavy atom. The number of amides is 1. The Kier molecular flexibility index (Phi) is 4.81. The predicted molar refractivity (Wildman–Crippen MR) is 99.8 cm³/mol. The van der Waals surface area contributed by atoms with Crippen LogP contribution >= 0.6 is 0 Å². The van der Waals surface area contributed by atoms with Crippen LogP contribution < -0.4 is 10.0 Å². The molecule has 7 heteroatoms. The van der Waals surface area contributed by atoms with Crippen LogP contribution in [0.25, 0.3) is 0 Å². The maximum atomic E-state index is 12.5. The van der Waals surface area contributed by atoms with Crippen molar-refractivity contribution < 1.29 is 17.6 Å². The van der Waals surface area contributed by atoms with Gasteiger partial charge in [0.25, 0.3) is 15.9 Å². The minimum atomic E-state index is -3.71. The number of anilines is 2. The molecular formula is C19H18N2O4S. The smallest absolute Gasteiger partial charge is 0.291 e. The second-order valence-corrected chi connectivity index (χ2v) is 7.54. The highest BCUT2D eigenvalue weighted by Gasteiger charge is 2.15. The van der Waals surface area contributed by atoms with Gasteiger partial charge in [-0.1, -0.05) is 6.07 Å². The van der Waals surface area contributed by atoms with Crippen molar-refractivity contribution in [1.82, 2.24) is 0 Å². The van der Waals surface area contributed by atoms with E-state index >= 15 is 0 Å². The molecule has 0 saturated carbocycles. The zero-order valence-electron chi connectivity index (χ0n) is 14.3. The Morgan fingerprint density at radius 2 is 1.62 bits per heavy atom. The lowest BCUT2D eigenvalue weighted by Gasteiger charge is -2.10. The maximum Gasteiger partial charge on any atom is 0.291 e. The molecule has 1 aromatic heterocycles. The Balaban J connectivity index is 1.74. The van der Waals surface area contributed by atoms with Gasteiger partial charge in [0, 0.05) is 11.4 Å². The minimum absolute atomic E-state index is 0.103. The molecular weight excluding hydrogens is 352 g/mol. The van der Waals surface area contributed by atoms with Crippen molar-refractivity contribution in [3.05, 3.63) is 77.7 Å². The second kappa shape index (κ2) is 7.05. The lowest BCUT2D eigenvalue weighted by molar-refractivity contribution is 0.0996. The molecule has 0 bridgehead atoms. The highest BCUT2D eigenvalue weighted by Crippen LogP contribution is 2.20. The number of aryl methyl sites for hydroxylation is 2. The van der Waals surface area contributed by atoms with Gasteiger partial charge in [-0.3, -0.25) is 9.52 Å². The van der Waals surface area contributed by atoms with Crippen LogP contribution in [0.5, 0.6) is 0 Å². The van der Waals surface area contributed by atoms with E-state index < -0.39 is 15.9 Å². The fourth-order valence-corrected chi connectivity index (χ4v) is 3.39. The molecule has 134 valence electrons. The minimum Gasteiger partial charge on any atom is -0.459 e. The van der Waals surface area contributed by atoms with Crippen LogP contribution in [0, 0.1) is 13.8 Å². The van der Waals surface area contributed by atoms with Crippen LogP contribution in [-0.2, 0) is 10.0 Å². The summed E-state index contributed by atoms with van der Waals surface area (Å²) in [6.45, 7) is 3.88. The van der Waals surface area contributed by atoms with Gasteiger partial charge in [0.05, 0.1) is 11.2 Å². The van der Waals surface area contributed by atoms with Gasteiger partial charge in [-0.05, 0) is 73.5 Å². The van der Waals surface area contributed by atoms with Crippen LogP contribution in [0.15, 0.2) is 70.2 Å². The standard InChI is InChI=1S/C19H18N2O4S/c1-13-5-6-16(12-14(13)2)21-26(23,24)17-9-7-15(8-10-17)20-19(22)18-4-3-11-25-18/h3-12,21H,1-2H3,(H,20,22). The average molecular weight is 370 g/mol. The molecule has 2 aromatic carbocycles. The van der Waals surface area contributed by atoms with Gasteiger partial charge in [-0.15, -0.1) is 0 Å². The summed E-state index contributed by atoms with van der Waals surface area (Å²) in [7, 11) is -3.71. The van der Waals surface area contributed by atoms with E-state index in [-0.39, 0.29) is 10.7 Å². The Morgan fingerprint density at radius 3 is 2.23 bits per heavy atom. The first-order valence-electron chi connectivity index (χ1n) is 7.90. The second-order valence-electron chi connectivity index (χ2n) is 5.86. The molecule has 1 heterocycles. The number of benzene rings is 2. The molecule has 0 unspecified atom stereocenters. The molecule has 0 radical (unpaired) electrons. The summed E-state index contributed by atoms with van der Waals surface area (Å²) in [6, 6.07) is 14.4. The van der Waals surface area contributed by atoms with E-state index in [1.165, 1.54) is 30.5 Å². The van der Waals surface area contributed by atoms with Gasteiger partial charge in [0.15, 0.2) is 5.76 Å². The van der Waals surface area contributed by atoms with E-state index in [4.69, 9.17) is 4.42 Å². The van der Waals surface area contributed by atoms with Crippen molar-refractivity contribution in [2.45, 2.75) is 18.7 Å². The van der Waals surface area contributed by atoms with Gasteiger partial charge < -0.3 is 9.73 Å². The van der Waals surface area contributed by atoms with Crippen LogP contribution in [0.2, 0.25) is 0 Å². The van der Waals surface area contributed by atoms with Gasteiger partial charge in [-0.2, -0.15) is 0 Å². The third-order valence-electron chi connectivity index (χ3n) is 3.93. The van der Waals surface area contributed by atoms with E-state index in [2.05, 4.69) is 10.0 Å². The molecule has 1 amide bonds. The molecule has 0 aliphatic carbocycles. The number of rotatable bonds is 5. The van der Waals surface area contributed by atoms with Crippen LogP contribution in [0.3, 0.4) is 0 Å². The molecule has 3 rings (SSSR count). The Labute approximate surface area is 151 Å². The van der Waals surface area contributed by atoms with Gasteiger partial charge >= 0.3 is 0 Å². The van der Waals surface area contributed by atoms with Gasteiger partial charge in [-0.25, -0.2) is 8.42 Å². The lowest BCUT2D eigenvalue weighted by Crippen LogP contribution is -2.14. The zero-order valence-corrected chi connectivity index (χ0v) is 15.1. The molecule has 3 aromatic rings. The fourth-order valence-electron chi connectivity index (χ4n) is 2.34. The average Bonchev–Trinajstić information content (AvgIpc) is 3.13.